The van der Waals surface area contributed by atoms with Gasteiger partial charge >= 0.3 is 0 Å². The van der Waals surface area contributed by atoms with E-state index in [0.29, 0.717) is 43.3 Å². The molecule has 0 saturated carbocycles. The quantitative estimate of drug-likeness (QED) is 0.276. The highest BCUT2D eigenvalue weighted by atomic mass is 35.5. The molecule has 0 fully saturated rings. The first-order valence-electron chi connectivity index (χ1n) is 10.1. The minimum Gasteiger partial charge on any atom is -0.292 e. The molecule has 0 amide bonds. The van der Waals surface area contributed by atoms with Gasteiger partial charge in [-0.2, -0.15) is 0 Å². The zero-order valence-electron chi connectivity index (χ0n) is 17.7. The Morgan fingerprint density at radius 3 is 2.30 bits per heavy atom. The number of aryl methyl sites for hydroxylation is 2. The van der Waals surface area contributed by atoms with Crippen molar-refractivity contribution in [3.05, 3.63) is 104 Å². The van der Waals surface area contributed by atoms with E-state index in [0.717, 1.165) is 16.8 Å². The molecule has 0 aliphatic carbocycles. The molecule has 33 heavy (non-hydrogen) atoms. The number of fused-ring (bicyclic) bond motifs is 1. The first kappa shape index (κ1) is 21.7. The minimum absolute atomic E-state index is 0.276. The van der Waals surface area contributed by atoms with Crippen LogP contribution in [0.15, 0.2) is 71.8 Å². The fraction of sp³-hybridized carbons (Fsp3) is 0.0800. The van der Waals surface area contributed by atoms with Crippen molar-refractivity contribution < 1.29 is 0 Å². The molecular formula is C25H17Cl3N4O. The predicted molar refractivity (Wildman–Crippen MR) is 134 cm³/mol. The molecule has 0 aliphatic rings. The molecule has 5 aromatic rings. The van der Waals surface area contributed by atoms with E-state index in [1.165, 1.54) is 4.57 Å². The fourth-order valence-corrected chi connectivity index (χ4v) is 4.43. The van der Waals surface area contributed by atoms with Gasteiger partial charge in [0.2, 0.25) is 0 Å². The van der Waals surface area contributed by atoms with Gasteiger partial charge in [-0.15, -0.1) is 0 Å². The predicted octanol–water partition coefficient (Wildman–Crippen LogP) is 6.82. The average molecular weight is 496 g/mol. The molecule has 164 valence electrons. The van der Waals surface area contributed by atoms with Crippen LogP contribution in [0.25, 0.3) is 33.9 Å². The Morgan fingerprint density at radius 2 is 1.58 bits per heavy atom. The van der Waals surface area contributed by atoms with Crippen LogP contribution in [-0.2, 0) is 0 Å². The van der Waals surface area contributed by atoms with Crippen LogP contribution in [0, 0.1) is 13.8 Å². The van der Waals surface area contributed by atoms with Crippen LogP contribution < -0.4 is 5.56 Å². The lowest BCUT2D eigenvalue weighted by molar-refractivity contribution is 0.957. The molecule has 0 bridgehead atoms. The normalized spacial score (nSPS) is 11.3. The molecular weight excluding hydrogens is 479 g/mol. The van der Waals surface area contributed by atoms with Crippen molar-refractivity contribution in [1.29, 1.82) is 0 Å². The van der Waals surface area contributed by atoms with Crippen molar-refractivity contribution in [1.82, 2.24) is 19.1 Å². The lowest BCUT2D eigenvalue weighted by Gasteiger charge is -2.15. The van der Waals surface area contributed by atoms with Crippen LogP contribution in [0.5, 0.6) is 0 Å². The van der Waals surface area contributed by atoms with Crippen molar-refractivity contribution in [3.8, 4) is 22.8 Å². The highest BCUT2D eigenvalue weighted by molar-refractivity contribution is 6.36. The Morgan fingerprint density at radius 1 is 0.848 bits per heavy atom. The van der Waals surface area contributed by atoms with Gasteiger partial charge in [0.05, 0.1) is 16.4 Å². The molecule has 0 aliphatic heterocycles. The van der Waals surface area contributed by atoms with Crippen molar-refractivity contribution in [2.24, 2.45) is 0 Å². The van der Waals surface area contributed by atoms with Gasteiger partial charge < -0.3 is 0 Å². The second-order valence-corrected chi connectivity index (χ2v) is 9.03. The van der Waals surface area contributed by atoms with E-state index in [1.807, 2.05) is 32.0 Å². The van der Waals surface area contributed by atoms with Gasteiger partial charge in [0.25, 0.3) is 5.56 Å². The number of nitrogens with zero attached hydrogens (tertiary/aromatic N) is 4. The third-order valence-corrected chi connectivity index (χ3v) is 6.26. The standard InChI is InChI=1S/C25H17Cl3N4O/c1-14-3-4-15(2)21(11-14)31-13-29-23-22(31)25(33)32(18-8-5-16(26)6-9-18)24(30-23)19-10-7-17(27)12-20(19)28/h3-13H,1-2H3. The molecule has 2 aromatic heterocycles. The largest absolute Gasteiger partial charge is 0.292 e. The highest BCUT2D eigenvalue weighted by Gasteiger charge is 2.21. The number of imidazole rings is 1. The Balaban J connectivity index is 1.88. The molecule has 0 N–H and O–H groups in total. The summed E-state index contributed by atoms with van der Waals surface area (Å²) in [4.78, 5) is 23.2. The molecule has 0 spiro atoms. The summed E-state index contributed by atoms with van der Waals surface area (Å²) in [6, 6.07) is 18.1. The number of halogens is 3. The number of rotatable bonds is 3. The van der Waals surface area contributed by atoms with Gasteiger partial charge in [0.15, 0.2) is 17.0 Å². The summed E-state index contributed by atoms with van der Waals surface area (Å²) in [7, 11) is 0. The summed E-state index contributed by atoms with van der Waals surface area (Å²) in [6.45, 7) is 4.00. The monoisotopic (exact) mass is 494 g/mol. The SMILES string of the molecule is Cc1ccc(C)c(-n2cnc3nc(-c4ccc(Cl)cc4Cl)n(-c4ccc(Cl)cc4)c(=O)c32)c1. The smallest absolute Gasteiger partial charge is 0.285 e. The number of aromatic nitrogens is 4. The first-order valence-corrected chi connectivity index (χ1v) is 11.3. The van der Waals surface area contributed by atoms with Crippen molar-refractivity contribution in [2.45, 2.75) is 13.8 Å². The maximum Gasteiger partial charge on any atom is 0.285 e. The third-order valence-electron chi connectivity index (χ3n) is 5.46. The third kappa shape index (κ3) is 3.82. The van der Waals surface area contributed by atoms with Crippen LogP contribution in [0.2, 0.25) is 15.1 Å². The summed E-state index contributed by atoms with van der Waals surface area (Å²) in [5.41, 5.74) is 4.55. The molecule has 2 heterocycles. The summed E-state index contributed by atoms with van der Waals surface area (Å²) in [5.74, 6) is 0.364. The van der Waals surface area contributed by atoms with E-state index < -0.39 is 0 Å². The first-order chi connectivity index (χ1) is 15.8. The lowest BCUT2D eigenvalue weighted by atomic mass is 10.1. The van der Waals surface area contributed by atoms with E-state index in [2.05, 4.69) is 4.98 Å². The lowest BCUT2D eigenvalue weighted by Crippen LogP contribution is -2.23. The van der Waals surface area contributed by atoms with E-state index >= 15 is 0 Å². The molecule has 0 radical (unpaired) electrons. The van der Waals surface area contributed by atoms with Crippen LogP contribution in [0.4, 0.5) is 0 Å². The summed E-state index contributed by atoms with van der Waals surface area (Å²) in [6.07, 6.45) is 1.63. The molecule has 3 aromatic carbocycles. The van der Waals surface area contributed by atoms with Crippen LogP contribution >= 0.6 is 34.8 Å². The van der Waals surface area contributed by atoms with Crippen molar-refractivity contribution in [2.75, 3.05) is 0 Å². The number of benzene rings is 3. The summed E-state index contributed by atoms with van der Waals surface area (Å²) < 4.78 is 3.31. The van der Waals surface area contributed by atoms with Gasteiger partial charge in [-0.25, -0.2) is 9.97 Å². The average Bonchev–Trinajstić information content (AvgIpc) is 3.20. The van der Waals surface area contributed by atoms with E-state index in [9.17, 15) is 4.79 Å². The minimum atomic E-state index is -0.276. The van der Waals surface area contributed by atoms with Crippen LogP contribution in [0.1, 0.15) is 11.1 Å². The van der Waals surface area contributed by atoms with E-state index in [4.69, 9.17) is 39.8 Å². The van der Waals surface area contributed by atoms with Crippen LogP contribution in [-0.4, -0.2) is 19.1 Å². The summed E-state index contributed by atoms with van der Waals surface area (Å²) >= 11 is 18.7. The summed E-state index contributed by atoms with van der Waals surface area (Å²) in [5, 5.41) is 1.43. The van der Waals surface area contributed by atoms with Gasteiger partial charge in [-0.1, -0.05) is 46.9 Å². The van der Waals surface area contributed by atoms with Crippen molar-refractivity contribution >= 4 is 46.0 Å². The van der Waals surface area contributed by atoms with Crippen LogP contribution in [0.3, 0.4) is 0 Å². The molecule has 8 heteroatoms. The fourth-order valence-electron chi connectivity index (χ4n) is 3.81. The maximum atomic E-state index is 14.0. The van der Waals surface area contributed by atoms with Gasteiger partial charge in [-0.05, 0) is 73.5 Å². The maximum absolute atomic E-state index is 14.0. The van der Waals surface area contributed by atoms with Crippen molar-refractivity contribution in [3.63, 3.8) is 0 Å². The second kappa shape index (κ2) is 8.34. The Kier molecular flexibility index (Phi) is 5.49. The molecule has 0 unspecified atom stereocenters. The van der Waals surface area contributed by atoms with E-state index in [-0.39, 0.29) is 5.56 Å². The number of hydrogen-bond donors (Lipinski definition) is 0. The Labute approximate surface area is 204 Å². The van der Waals surface area contributed by atoms with Gasteiger partial charge in [0, 0.05) is 15.6 Å². The second-order valence-electron chi connectivity index (χ2n) is 7.75. The zero-order chi connectivity index (χ0) is 23.3. The topological polar surface area (TPSA) is 52.7 Å². The van der Waals surface area contributed by atoms with E-state index in [1.54, 1.807) is 53.4 Å². The molecule has 0 atom stereocenters. The van der Waals surface area contributed by atoms with Gasteiger partial charge in [-0.3, -0.25) is 13.9 Å². The number of hydrogen-bond acceptors (Lipinski definition) is 3. The zero-order valence-corrected chi connectivity index (χ0v) is 19.9. The Bertz CT molecular complexity index is 1590. The highest BCUT2D eigenvalue weighted by Crippen LogP contribution is 2.31. The Hall–Kier alpha value is -3.12. The van der Waals surface area contributed by atoms with Gasteiger partial charge in [0.1, 0.15) is 6.33 Å². The molecule has 5 nitrogen and oxygen atoms in total. The molecule has 5 rings (SSSR count). The molecule has 0 saturated heterocycles.